The number of likely N-dealkylation sites (tertiary alicyclic amines) is 1. The van der Waals surface area contributed by atoms with E-state index in [1.807, 2.05) is 0 Å². The molecule has 0 bridgehead atoms. The van der Waals surface area contributed by atoms with Gasteiger partial charge in [-0.25, -0.2) is 8.42 Å². The van der Waals surface area contributed by atoms with Gasteiger partial charge in [0.25, 0.3) is 0 Å². The fraction of sp³-hybridized carbons (Fsp3) is 0.556. The van der Waals surface area contributed by atoms with E-state index in [-0.39, 0.29) is 39.2 Å². The molecule has 0 spiro atoms. The number of sulfonamides is 1. The minimum absolute atomic E-state index is 0.0444. The number of amides is 2. The molecule has 0 aliphatic carbocycles. The summed E-state index contributed by atoms with van der Waals surface area (Å²) >= 11 is 12.0. The molecule has 0 radical (unpaired) electrons. The number of nitrogens with two attached hydrogens (primary N) is 1. The quantitative estimate of drug-likeness (QED) is 0.763. The maximum atomic E-state index is 13.0. The van der Waals surface area contributed by atoms with Gasteiger partial charge in [0.2, 0.25) is 21.8 Å². The molecule has 1 aromatic rings. The molecular formula is C18H23Cl2N3O4S. The molecule has 1 aromatic carbocycles. The number of piperidine rings is 2. The van der Waals surface area contributed by atoms with Crippen LogP contribution in [0.3, 0.4) is 0 Å². The molecule has 1 atom stereocenters. The van der Waals surface area contributed by atoms with Crippen molar-refractivity contribution in [1.29, 1.82) is 0 Å². The van der Waals surface area contributed by atoms with Crippen molar-refractivity contribution >= 4 is 45.0 Å². The second kappa shape index (κ2) is 8.57. The van der Waals surface area contributed by atoms with Crippen molar-refractivity contribution in [3.63, 3.8) is 0 Å². The number of nitrogens with zero attached hydrogens (tertiary/aromatic N) is 2. The Balaban J connectivity index is 1.71. The summed E-state index contributed by atoms with van der Waals surface area (Å²) in [6.45, 7) is 1.38. The average molecular weight is 448 g/mol. The Morgan fingerprint density at radius 1 is 1.04 bits per heavy atom. The van der Waals surface area contributed by atoms with E-state index in [0.717, 1.165) is 0 Å². The average Bonchev–Trinajstić information content (AvgIpc) is 2.69. The fourth-order valence-corrected chi connectivity index (χ4v) is 6.08. The molecular weight excluding hydrogens is 425 g/mol. The Hall–Kier alpha value is -1.35. The van der Waals surface area contributed by atoms with Gasteiger partial charge >= 0.3 is 0 Å². The zero-order valence-corrected chi connectivity index (χ0v) is 17.6. The van der Waals surface area contributed by atoms with Crippen molar-refractivity contribution in [3.8, 4) is 0 Å². The summed E-state index contributed by atoms with van der Waals surface area (Å²) in [7, 11) is -3.85. The Morgan fingerprint density at radius 3 is 2.36 bits per heavy atom. The van der Waals surface area contributed by atoms with Crippen LogP contribution in [0.15, 0.2) is 23.1 Å². The first-order chi connectivity index (χ1) is 13.2. The lowest BCUT2D eigenvalue weighted by molar-refractivity contribution is -0.139. The minimum atomic E-state index is -3.85. The number of primary amides is 1. The van der Waals surface area contributed by atoms with Crippen molar-refractivity contribution in [2.75, 3.05) is 26.2 Å². The summed E-state index contributed by atoms with van der Waals surface area (Å²) in [6, 6.07) is 4.31. The molecule has 10 heteroatoms. The van der Waals surface area contributed by atoms with Crippen LogP contribution in [0.5, 0.6) is 0 Å². The van der Waals surface area contributed by atoms with Crippen LogP contribution < -0.4 is 5.73 Å². The highest BCUT2D eigenvalue weighted by molar-refractivity contribution is 7.89. The molecule has 7 nitrogen and oxygen atoms in total. The smallest absolute Gasteiger partial charge is 0.244 e. The second-order valence-electron chi connectivity index (χ2n) is 7.28. The van der Waals surface area contributed by atoms with Crippen molar-refractivity contribution in [3.05, 3.63) is 28.2 Å². The van der Waals surface area contributed by atoms with Crippen LogP contribution in [0.1, 0.15) is 25.7 Å². The van der Waals surface area contributed by atoms with E-state index in [9.17, 15) is 18.0 Å². The highest BCUT2D eigenvalue weighted by Crippen LogP contribution is 2.31. The Bertz CT molecular complexity index is 870. The molecule has 0 aromatic heterocycles. The van der Waals surface area contributed by atoms with Gasteiger partial charge in [-0.2, -0.15) is 4.31 Å². The highest BCUT2D eigenvalue weighted by Gasteiger charge is 2.37. The third-order valence-corrected chi connectivity index (χ3v) is 8.04. The summed E-state index contributed by atoms with van der Waals surface area (Å²) < 4.78 is 27.4. The van der Waals surface area contributed by atoms with Crippen molar-refractivity contribution in [2.45, 2.75) is 30.6 Å². The highest BCUT2D eigenvalue weighted by atomic mass is 35.5. The van der Waals surface area contributed by atoms with E-state index < -0.39 is 15.9 Å². The molecule has 2 heterocycles. The molecule has 0 saturated carbocycles. The lowest BCUT2D eigenvalue weighted by Crippen LogP contribution is -2.49. The summed E-state index contributed by atoms with van der Waals surface area (Å²) in [4.78, 5) is 25.9. The number of benzene rings is 1. The standard InChI is InChI=1S/C18H23Cl2N3O4S/c19-14-3-4-15(20)16(10-14)28(26,27)23-7-1-2-13(11-23)18(25)22-8-5-12(6-9-22)17(21)24/h3-4,10,12-13H,1-2,5-9,11H2,(H2,21,24). The lowest BCUT2D eigenvalue weighted by atomic mass is 9.93. The van der Waals surface area contributed by atoms with Gasteiger partial charge in [0, 0.05) is 37.1 Å². The maximum absolute atomic E-state index is 13.0. The van der Waals surface area contributed by atoms with E-state index in [1.54, 1.807) is 4.90 Å². The predicted molar refractivity (Wildman–Crippen MR) is 106 cm³/mol. The van der Waals surface area contributed by atoms with Crippen molar-refractivity contribution in [2.24, 2.45) is 17.6 Å². The number of carbonyl (C=O) groups is 2. The largest absolute Gasteiger partial charge is 0.369 e. The minimum Gasteiger partial charge on any atom is -0.369 e. The molecule has 154 valence electrons. The van der Waals surface area contributed by atoms with Crippen LogP contribution in [-0.4, -0.2) is 55.6 Å². The van der Waals surface area contributed by atoms with Gasteiger partial charge in [0.05, 0.1) is 10.9 Å². The zero-order valence-electron chi connectivity index (χ0n) is 15.3. The molecule has 2 fully saturated rings. The third kappa shape index (κ3) is 4.45. The molecule has 3 rings (SSSR count). The van der Waals surface area contributed by atoms with E-state index >= 15 is 0 Å². The topological polar surface area (TPSA) is 101 Å². The van der Waals surface area contributed by atoms with Crippen LogP contribution in [0.4, 0.5) is 0 Å². The molecule has 2 N–H and O–H groups in total. The third-order valence-electron chi connectivity index (χ3n) is 5.45. The van der Waals surface area contributed by atoms with Gasteiger partial charge in [0.1, 0.15) is 4.90 Å². The van der Waals surface area contributed by atoms with E-state index in [2.05, 4.69) is 0 Å². The fourth-order valence-electron chi connectivity index (χ4n) is 3.82. The summed E-state index contributed by atoms with van der Waals surface area (Å²) in [5, 5.41) is 0.385. The first-order valence-corrected chi connectivity index (χ1v) is 11.4. The van der Waals surface area contributed by atoms with Gasteiger partial charge in [-0.1, -0.05) is 23.2 Å². The normalized spacial score (nSPS) is 22.2. The summed E-state index contributed by atoms with van der Waals surface area (Å²) in [5.74, 6) is -1.01. The predicted octanol–water partition coefficient (Wildman–Crippen LogP) is 2.12. The molecule has 28 heavy (non-hydrogen) atoms. The monoisotopic (exact) mass is 447 g/mol. The van der Waals surface area contributed by atoms with Gasteiger partial charge < -0.3 is 10.6 Å². The first kappa shape index (κ1) is 21.4. The maximum Gasteiger partial charge on any atom is 0.244 e. The number of carbonyl (C=O) groups excluding carboxylic acids is 2. The number of halogens is 2. The van der Waals surface area contributed by atoms with E-state index in [4.69, 9.17) is 28.9 Å². The lowest BCUT2D eigenvalue weighted by Gasteiger charge is -2.37. The molecule has 2 saturated heterocycles. The van der Waals surface area contributed by atoms with E-state index in [1.165, 1.54) is 22.5 Å². The van der Waals surface area contributed by atoms with Crippen molar-refractivity contribution < 1.29 is 18.0 Å². The Labute approximate surface area is 174 Å². The molecule has 2 amide bonds. The van der Waals surface area contributed by atoms with Gasteiger partial charge in [0.15, 0.2) is 0 Å². The van der Waals surface area contributed by atoms with Gasteiger partial charge in [-0.15, -0.1) is 0 Å². The van der Waals surface area contributed by atoms with Crippen molar-refractivity contribution in [1.82, 2.24) is 9.21 Å². The van der Waals surface area contributed by atoms with Crippen LogP contribution in [-0.2, 0) is 19.6 Å². The molecule has 1 unspecified atom stereocenters. The second-order valence-corrected chi connectivity index (χ2v) is 10.0. The first-order valence-electron chi connectivity index (χ1n) is 9.23. The summed E-state index contributed by atoms with van der Waals surface area (Å²) in [6.07, 6.45) is 2.32. The number of rotatable bonds is 4. The van der Waals surface area contributed by atoms with E-state index in [0.29, 0.717) is 45.3 Å². The Morgan fingerprint density at radius 2 is 1.71 bits per heavy atom. The number of hydrogen-bond donors (Lipinski definition) is 1. The van der Waals surface area contributed by atoms with Crippen LogP contribution in [0.2, 0.25) is 10.0 Å². The molecule has 2 aliphatic rings. The molecule has 2 aliphatic heterocycles. The Kier molecular flexibility index (Phi) is 6.54. The van der Waals surface area contributed by atoms with Gasteiger partial charge in [-0.05, 0) is 43.9 Å². The summed E-state index contributed by atoms with van der Waals surface area (Å²) in [5.41, 5.74) is 5.34. The zero-order chi connectivity index (χ0) is 20.5. The van der Waals surface area contributed by atoms with Crippen LogP contribution in [0.25, 0.3) is 0 Å². The van der Waals surface area contributed by atoms with Crippen LogP contribution in [0, 0.1) is 11.8 Å². The van der Waals surface area contributed by atoms with Gasteiger partial charge in [-0.3, -0.25) is 9.59 Å². The van der Waals surface area contributed by atoms with Crippen LogP contribution >= 0.6 is 23.2 Å². The number of hydrogen-bond acceptors (Lipinski definition) is 4. The SMILES string of the molecule is NC(=O)C1CCN(C(=O)C2CCCN(S(=O)(=O)c3cc(Cl)ccc3Cl)C2)CC1.